The van der Waals surface area contributed by atoms with E-state index in [1.54, 1.807) is 23.1 Å². The Morgan fingerprint density at radius 2 is 2.00 bits per heavy atom. The molecule has 148 valence electrons. The van der Waals surface area contributed by atoms with Crippen molar-refractivity contribution in [2.75, 3.05) is 6.54 Å². The van der Waals surface area contributed by atoms with Gasteiger partial charge in [0.2, 0.25) is 0 Å². The number of carbonyl (C=O) groups excluding carboxylic acids is 2. The highest BCUT2D eigenvalue weighted by Crippen LogP contribution is 2.61. The summed E-state index contributed by atoms with van der Waals surface area (Å²) in [6.45, 7) is 7.20. The number of nitrogens with two attached hydrogens (primary N) is 2. The van der Waals surface area contributed by atoms with Crippen LogP contribution in [0.2, 0.25) is 5.02 Å². The number of halogens is 1. The van der Waals surface area contributed by atoms with Gasteiger partial charge in [-0.25, -0.2) is 4.79 Å². The lowest BCUT2D eigenvalue weighted by atomic mass is 9.86. The lowest BCUT2D eigenvalue weighted by molar-refractivity contribution is 0.0994. The Balaban J connectivity index is 1.94. The number of aromatic nitrogens is 2. The van der Waals surface area contributed by atoms with Crippen LogP contribution in [0.25, 0.3) is 11.3 Å². The molecule has 4 N–H and O–H groups in total. The number of rotatable bonds is 2. The molecule has 4 rings (SSSR count). The van der Waals surface area contributed by atoms with Crippen molar-refractivity contribution in [1.29, 1.82) is 0 Å². The van der Waals surface area contributed by atoms with Crippen molar-refractivity contribution in [2.45, 2.75) is 39.3 Å². The summed E-state index contributed by atoms with van der Waals surface area (Å²) < 4.78 is 1.93. The third kappa shape index (κ3) is 2.76. The maximum absolute atomic E-state index is 12.4. The molecule has 2 atom stereocenters. The Kier molecular flexibility index (Phi) is 4.01. The zero-order valence-electron chi connectivity index (χ0n) is 16.2. The van der Waals surface area contributed by atoms with Gasteiger partial charge < -0.3 is 16.4 Å². The van der Waals surface area contributed by atoms with Crippen LogP contribution in [-0.2, 0) is 12.1 Å². The van der Waals surface area contributed by atoms with Crippen LogP contribution in [0.1, 0.15) is 43.2 Å². The minimum absolute atomic E-state index is 0.0208. The third-order valence-corrected chi connectivity index (χ3v) is 6.19. The fourth-order valence-electron chi connectivity index (χ4n) is 4.67. The zero-order valence-corrected chi connectivity index (χ0v) is 17.0. The Hall–Kier alpha value is -2.54. The van der Waals surface area contributed by atoms with E-state index in [1.165, 1.54) is 0 Å². The summed E-state index contributed by atoms with van der Waals surface area (Å²) in [5.41, 5.74) is 13.2. The first-order valence-electron chi connectivity index (χ1n) is 9.27. The van der Waals surface area contributed by atoms with Gasteiger partial charge in [-0.05, 0) is 29.9 Å². The first kappa shape index (κ1) is 18.8. The monoisotopic (exact) mass is 401 g/mol. The van der Waals surface area contributed by atoms with Crippen molar-refractivity contribution in [1.82, 2.24) is 14.7 Å². The molecule has 7 nitrogen and oxygen atoms in total. The molecule has 1 spiro atoms. The molecule has 2 unspecified atom stereocenters. The second-order valence-electron chi connectivity index (χ2n) is 8.88. The van der Waals surface area contributed by atoms with Crippen LogP contribution in [0.3, 0.4) is 0 Å². The lowest BCUT2D eigenvalue weighted by Crippen LogP contribution is -2.49. The number of primary amides is 2. The van der Waals surface area contributed by atoms with Crippen LogP contribution in [0.5, 0.6) is 0 Å². The summed E-state index contributed by atoms with van der Waals surface area (Å²) >= 11 is 6.15. The molecule has 1 fully saturated rings. The van der Waals surface area contributed by atoms with Gasteiger partial charge in [-0.3, -0.25) is 9.48 Å². The first-order valence-corrected chi connectivity index (χ1v) is 9.65. The fourth-order valence-corrected chi connectivity index (χ4v) is 4.86. The smallest absolute Gasteiger partial charge is 0.315 e. The molecule has 0 radical (unpaired) electrons. The summed E-state index contributed by atoms with van der Waals surface area (Å²) in [5.74, 6) is -0.278. The number of urea groups is 1. The standard InChI is InChI=1S/C20H24ClN5O2/c1-19(2,3)14-8-20(14)10-25(18(23)28)9-13-15(17(22)27)16(24-26(13)20)11-5-4-6-12(21)7-11/h4-7,14H,8-10H2,1-3H3,(H2,22,27)(H2,23,28). The van der Waals surface area contributed by atoms with Gasteiger partial charge in [0.1, 0.15) is 5.69 Å². The molecule has 2 aromatic rings. The Morgan fingerprint density at radius 1 is 1.29 bits per heavy atom. The molecule has 0 bridgehead atoms. The van der Waals surface area contributed by atoms with E-state index in [9.17, 15) is 9.59 Å². The molecule has 1 aromatic carbocycles. The van der Waals surface area contributed by atoms with E-state index >= 15 is 0 Å². The van der Waals surface area contributed by atoms with Crippen molar-refractivity contribution in [2.24, 2.45) is 22.8 Å². The van der Waals surface area contributed by atoms with Gasteiger partial charge in [-0.1, -0.05) is 44.5 Å². The summed E-state index contributed by atoms with van der Waals surface area (Å²) in [6, 6.07) is 6.67. The molecule has 1 aromatic heterocycles. The van der Waals surface area contributed by atoms with E-state index in [2.05, 4.69) is 20.8 Å². The molecule has 2 heterocycles. The number of carbonyl (C=O) groups is 2. The highest BCUT2D eigenvalue weighted by atomic mass is 35.5. The topological polar surface area (TPSA) is 107 Å². The predicted octanol–water partition coefficient (Wildman–Crippen LogP) is 2.96. The summed E-state index contributed by atoms with van der Waals surface area (Å²) in [4.78, 5) is 26.0. The Morgan fingerprint density at radius 3 is 2.54 bits per heavy atom. The lowest BCUT2D eigenvalue weighted by Gasteiger charge is -2.36. The molecular formula is C20H24ClN5O2. The van der Waals surface area contributed by atoms with Crippen LogP contribution < -0.4 is 11.5 Å². The molecule has 2 aliphatic rings. The Labute approximate surface area is 168 Å². The first-order chi connectivity index (χ1) is 13.0. The number of hydrogen-bond donors (Lipinski definition) is 2. The van der Waals surface area contributed by atoms with E-state index in [0.29, 0.717) is 34.4 Å². The molecular weight excluding hydrogens is 378 g/mol. The van der Waals surface area contributed by atoms with Crippen molar-refractivity contribution in [3.8, 4) is 11.3 Å². The molecule has 3 amide bonds. The second-order valence-corrected chi connectivity index (χ2v) is 9.31. The predicted molar refractivity (Wildman–Crippen MR) is 107 cm³/mol. The van der Waals surface area contributed by atoms with Crippen LogP contribution in [0.15, 0.2) is 24.3 Å². The van der Waals surface area contributed by atoms with Gasteiger partial charge in [0.05, 0.1) is 23.3 Å². The average molecular weight is 402 g/mol. The van der Waals surface area contributed by atoms with Gasteiger partial charge in [-0.15, -0.1) is 0 Å². The van der Waals surface area contributed by atoms with Crippen molar-refractivity contribution >= 4 is 23.5 Å². The number of benzene rings is 1. The Bertz CT molecular complexity index is 993. The van der Waals surface area contributed by atoms with Crippen molar-refractivity contribution < 1.29 is 9.59 Å². The van der Waals surface area contributed by atoms with Gasteiger partial charge in [-0.2, -0.15) is 5.10 Å². The van der Waals surface area contributed by atoms with E-state index in [1.807, 2.05) is 10.7 Å². The molecule has 1 saturated carbocycles. The highest BCUT2D eigenvalue weighted by molar-refractivity contribution is 6.30. The zero-order chi connectivity index (χ0) is 20.4. The summed E-state index contributed by atoms with van der Waals surface area (Å²) in [6.07, 6.45) is 0.863. The largest absolute Gasteiger partial charge is 0.365 e. The number of nitrogens with zero attached hydrogens (tertiary/aromatic N) is 3. The molecule has 28 heavy (non-hydrogen) atoms. The van der Waals surface area contributed by atoms with Crippen LogP contribution in [0.4, 0.5) is 4.79 Å². The van der Waals surface area contributed by atoms with Crippen molar-refractivity contribution in [3.05, 3.63) is 40.5 Å². The van der Waals surface area contributed by atoms with Crippen molar-refractivity contribution in [3.63, 3.8) is 0 Å². The number of fused-ring (bicyclic) bond motifs is 2. The normalized spacial score (nSPS) is 23.6. The van der Waals surface area contributed by atoms with Gasteiger partial charge >= 0.3 is 6.03 Å². The van der Waals surface area contributed by atoms with Gasteiger partial charge in [0.15, 0.2) is 0 Å². The molecule has 8 heteroatoms. The fraction of sp³-hybridized carbons (Fsp3) is 0.450. The summed E-state index contributed by atoms with van der Waals surface area (Å²) in [5, 5.41) is 5.38. The van der Waals surface area contributed by atoms with E-state index in [0.717, 1.165) is 12.0 Å². The number of hydrogen-bond acceptors (Lipinski definition) is 3. The molecule has 0 saturated heterocycles. The van der Waals surface area contributed by atoms with Gasteiger partial charge in [0, 0.05) is 17.1 Å². The molecule has 1 aliphatic carbocycles. The quantitative estimate of drug-likeness (QED) is 0.807. The highest BCUT2D eigenvalue weighted by Gasteiger charge is 2.64. The van der Waals surface area contributed by atoms with E-state index in [-0.39, 0.29) is 17.5 Å². The van der Waals surface area contributed by atoms with Gasteiger partial charge in [0.25, 0.3) is 5.91 Å². The minimum Gasteiger partial charge on any atom is -0.365 e. The maximum Gasteiger partial charge on any atom is 0.315 e. The summed E-state index contributed by atoms with van der Waals surface area (Å²) in [7, 11) is 0. The second kappa shape index (κ2) is 5.98. The van der Waals surface area contributed by atoms with E-state index in [4.69, 9.17) is 28.2 Å². The number of amides is 3. The van der Waals surface area contributed by atoms with Crippen LogP contribution in [0, 0.1) is 11.3 Å². The van der Waals surface area contributed by atoms with Crippen LogP contribution in [-0.4, -0.2) is 33.2 Å². The maximum atomic E-state index is 12.4. The SMILES string of the molecule is CC(C)(C)C1CC12CN(C(N)=O)Cc1c(C(N)=O)c(-c3cccc(Cl)c3)nn12. The molecule has 1 aliphatic heterocycles. The minimum atomic E-state index is -0.578. The average Bonchev–Trinajstić information content (AvgIpc) is 3.17. The third-order valence-electron chi connectivity index (χ3n) is 5.96. The van der Waals surface area contributed by atoms with E-state index < -0.39 is 11.9 Å². The van der Waals surface area contributed by atoms with Crippen LogP contribution >= 0.6 is 11.6 Å².